The van der Waals surface area contributed by atoms with E-state index in [1.165, 1.54) is 22.1 Å². The average Bonchev–Trinajstić information content (AvgIpc) is 3.51. The number of fused-ring (bicyclic) bond motifs is 2. The summed E-state index contributed by atoms with van der Waals surface area (Å²) in [5.41, 5.74) is 2.02. The van der Waals surface area contributed by atoms with E-state index in [4.69, 9.17) is 28.5 Å². The van der Waals surface area contributed by atoms with Crippen LogP contribution in [-0.2, 0) is 11.4 Å². The summed E-state index contributed by atoms with van der Waals surface area (Å²) >= 11 is 6.43. The summed E-state index contributed by atoms with van der Waals surface area (Å²) in [6, 6.07) is 18.8. The fraction of sp³-hybridized carbons (Fsp3) is 0.0909. The number of thiazole rings is 2. The molecule has 4 rings (SSSR count). The number of rotatable bonds is 3. The summed E-state index contributed by atoms with van der Waals surface area (Å²) in [7, 11) is 4.34. The number of hydrogen-bond acceptors (Lipinski definition) is 12. The zero-order valence-corrected chi connectivity index (χ0v) is 24.5. The molecular formula is C22H14BN9NaO2S3. The van der Waals surface area contributed by atoms with Crippen molar-refractivity contribution in [1.29, 1.82) is 10.5 Å². The fourth-order valence-corrected chi connectivity index (χ4v) is 3.95. The number of aromatic nitrogens is 2. The molecule has 2 heterocycles. The van der Waals surface area contributed by atoms with Crippen LogP contribution in [0.3, 0.4) is 0 Å². The predicted octanol–water partition coefficient (Wildman–Crippen LogP) is 2.69. The summed E-state index contributed by atoms with van der Waals surface area (Å²) in [6.45, 7) is 14.8. The summed E-state index contributed by atoms with van der Waals surface area (Å²) in [5, 5.41) is 32.8. The SMILES string of the molecule is Cc1nc2ccccc2s1.[B]=NS.[C-]#[N+]/C(C#N)=N/[O-].[C-]#[N+]/C(C#N)=N\OCc1nc2ccccc2s1.[Na+]. The first-order chi connectivity index (χ1) is 18.0. The number of hydrogen-bond donors (Lipinski definition) is 1. The largest absolute Gasteiger partial charge is 1.00 e. The maximum absolute atomic E-state index is 9.24. The van der Waals surface area contributed by atoms with Crippen molar-refractivity contribution in [3.8, 4) is 12.1 Å². The van der Waals surface area contributed by atoms with Gasteiger partial charge in [0.25, 0.3) is 0 Å². The molecule has 11 nitrogen and oxygen atoms in total. The van der Waals surface area contributed by atoms with Gasteiger partial charge >= 0.3 is 66.0 Å². The molecule has 0 bridgehead atoms. The van der Waals surface area contributed by atoms with E-state index < -0.39 is 5.84 Å². The molecule has 0 spiro atoms. The van der Waals surface area contributed by atoms with Crippen LogP contribution in [0.1, 0.15) is 10.0 Å². The second-order valence-corrected chi connectivity index (χ2v) is 8.52. The van der Waals surface area contributed by atoms with E-state index in [0.29, 0.717) is 0 Å². The van der Waals surface area contributed by atoms with E-state index in [0.717, 1.165) is 25.7 Å². The van der Waals surface area contributed by atoms with E-state index in [9.17, 15) is 5.21 Å². The summed E-state index contributed by atoms with van der Waals surface area (Å²) in [4.78, 5) is 18.9. The Labute approximate surface area is 255 Å². The molecule has 2 aromatic heterocycles. The zero-order valence-electron chi connectivity index (χ0n) is 20.0. The Morgan fingerprint density at radius 1 is 1.03 bits per heavy atom. The van der Waals surface area contributed by atoms with E-state index in [1.807, 2.05) is 49.4 Å². The minimum absolute atomic E-state index is 0. The van der Waals surface area contributed by atoms with Crippen LogP contribution < -0.4 is 29.6 Å². The van der Waals surface area contributed by atoms with Gasteiger partial charge in [0.1, 0.15) is 17.1 Å². The Morgan fingerprint density at radius 2 is 1.53 bits per heavy atom. The Kier molecular flexibility index (Phi) is 18.4. The fourth-order valence-electron chi connectivity index (χ4n) is 2.25. The number of benzene rings is 2. The van der Waals surface area contributed by atoms with Gasteiger partial charge in [0.2, 0.25) is 0 Å². The summed E-state index contributed by atoms with van der Waals surface area (Å²) in [5.74, 6) is -0.967. The van der Waals surface area contributed by atoms with Crippen molar-refractivity contribution >= 4 is 75.2 Å². The molecule has 38 heavy (non-hydrogen) atoms. The standard InChI is InChI=1S/C11H6N4OS.C8H7NS.C3HN3O.BHNS.Na/c1-13-10(6-12)15-16-7-11-14-8-4-2-3-5-9(8)17-11;1-6-9-7-4-2-3-5-8(7)10-6;1-5-3(2-4)6-7;1-2-3;/h2-5H,7H2;2-5H,1H3;7H;3H;/q;;;;+1/p-1/b15-10-;;6-3+;;. The third kappa shape index (κ3) is 12.5. The first-order valence-corrected chi connectivity index (χ1v) is 11.7. The minimum atomic E-state index is -0.653. The van der Waals surface area contributed by atoms with Gasteiger partial charge in [-0.3, -0.25) is 0 Å². The third-order valence-electron chi connectivity index (χ3n) is 3.58. The Balaban J connectivity index is 0.000000555. The monoisotopic (exact) mass is 566 g/mol. The van der Waals surface area contributed by atoms with Gasteiger partial charge in [-0.25, -0.2) is 20.5 Å². The molecule has 0 saturated heterocycles. The average molecular weight is 566 g/mol. The van der Waals surface area contributed by atoms with Crippen LogP contribution in [0, 0.1) is 47.9 Å². The Hall–Kier alpha value is -3.67. The number of oxime groups is 1. The molecule has 2 aromatic carbocycles. The Bertz CT molecular complexity index is 1460. The van der Waals surface area contributed by atoms with Crippen LogP contribution in [0.4, 0.5) is 0 Å². The van der Waals surface area contributed by atoms with Gasteiger partial charge in [0.05, 0.1) is 30.6 Å². The van der Waals surface area contributed by atoms with Crippen LogP contribution in [0.25, 0.3) is 30.1 Å². The van der Waals surface area contributed by atoms with Gasteiger partial charge in [-0.2, -0.15) is 0 Å². The van der Waals surface area contributed by atoms with Crippen molar-refractivity contribution in [2.45, 2.75) is 13.5 Å². The van der Waals surface area contributed by atoms with Crippen LogP contribution in [0.15, 0.2) is 63.1 Å². The van der Waals surface area contributed by atoms with Gasteiger partial charge < -0.3 is 19.7 Å². The Morgan fingerprint density at radius 3 is 1.95 bits per heavy atom. The molecule has 16 heteroatoms. The molecule has 0 atom stereocenters. The molecule has 0 amide bonds. The van der Waals surface area contributed by atoms with Crippen LogP contribution >= 0.6 is 35.5 Å². The second-order valence-electron chi connectivity index (χ2n) is 5.94. The number of para-hydroxylation sites is 2. The van der Waals surface area contributed by atoms with Crippen molar-refractivity contribution < 1.29 is 34.4 Å². The smallest absolute Gasteiger partial charge is 0.691 e. The quantitative estimate of drug-likeness (QED) is 0.101. The predicted molar refractivity (Wildman–Crippen MR) is 149 cm³/mol. The third-order valence-corrected chi connectivity index (χ3v) is 5.54. The van der Waals surface area contributed by atoms with Crippen molar-refractivity contribution in [2.75, 3.05) is 0 Å². The molecule has 1 radical (unpaired) electrons. The van der Waals surface area contributed by atoms with Crippen molar-refractivity contribution in [2.24, 2.45) is 14.6 Å². The van der Waals surface area contributed by atoms with Gasteiger partial charge in [-0.05, 0) is 31.2 Å². The van der Waals surface area contributed by atoms with Crippen molar-refractivity contribution in [3.63, 3.8) is 0 Å². The van der Waals surface area contributed by atoms with E-state index in [-0.39, 0.29) is 42.0 Å². The molecule has 0 unspecified atom stereocenters. The van der Waals surface area contributed by atoms with Gasteiger partial charge in [-0.1, -0.05) is 37.4 Å². The summed E-state index contributed by atoms with van der Waals surface area (Å²) < 4.78 is 5.04. The van der Waals surface area contributed by atoms with Gasteiger partial charge in [0, 0.05) is 0 Å². The number of nitriles is 2. The minimum Gasteiger partial charge on any atom is -0.691 e. The van der Waals surface area contributed by atoms with Crippen LogP contribution in [0.5, 0.6) is 0 Å². The zero-order chi connectivity index (χ0) is 27.5. The van der Waals surface area contributed by atoms with E-state index >= 15 is 0 Å². The van der Waals surface area contributed by atoms with Crippen molar-refractivity contribution in [3.05, 3.63) is 86.6 Å². The number of nitrogens with zero attached hydrogens (tertiary/aromatic N) is 9. The number of thiol groups is 1. The van der Waals surface area contributed by atoms with Gasteiger partial charge in [0.15, 0.2) is 6.61 Å². The maximum atomic E-state index is 9.24. The molecule has 0 saturated carbocycles. The maximum Gasteiger partial charge on any atom is 1.00 e. The topological polar surface area (TPSA) is 151 Å². The van der Waals surface area contributed by atoms with Crippen LogP contribution in [0.2, 0.25) is 0 Å². The summed E-state index contributed by atoms with van der Waals surface area (Å²) in [6.07, 6.45) is 0. The molecule has 0 aliphatic heterocycles. The number of amidine groups is 2. The molecule has 0 fully saturated rings. The molecule has 0 aliphatic rings. The van der Waals surface area contributed by atoms with Crippen LogP contribution in [-0.4, -0.2) is 29.3 Å². The van der Waals surface area contributed by atoms with Gasteiger partial charge in [-0.15, -0.1) is 27.8 Å². The molecule has 0 aliphatic carbocycles. The first-order valence-electron chi connectivity index (χ1n) is 9.62. The molecule has 0 N–H and O–H groups in total. The first kappa shape index (κ1) is 34.3. The second kappa shape index (κ2) is 20.4. The molecular weight excluding hydrogens is 552 g/mol. The molecule has 4 aromatic rings. The normalized spacial score (nSPS) is 9.61. The van der Waals surface area contributed by atoms with E-state index in [1.54, 1.807) is 17.4 Å². The van der Waals surface area contributed by atoms with E-state index in [2.05, 4.69) is 60.8 Å². The molecule has 181 valence electrons. The number of aryl methyl sites for hydroxylation is 1. The van der Waals surface area contributed by atoms with Crippen molar-refractivity contribution in [1.82, 2.24) is 9.97 Å².